The number of likely N-dealkylation sites (tertiary alicyclic amines) is 1. The molecule has 2 unspecified atom stereocenters. The maximum atomic E-state index is 13.7. The van der Waals surface area contributed by atoms with E-state index in [1.54, 1.807) is 0 Å². The van der Waals surface area contributed by atoms with Crippen LogP contribution in [-0.2, 0) is 20.9 Å². The fourth-order valence-electron chi connectivity index (χ4n) is 6.26. The summed E-state index contributed by atoms with van der Waals surface area (Å²) < 4.78 is 5.80. The van der Waals surface area contributed by atoms with Crippen LogP contribution in [0.25, 0.3) is 11.1 Å². The van der Waals surface area contributed by atoms with Crippen molar-refractivity contribution >= 4 is 18.0 Å². The summed E-state index contributed by atoms with van der Waals surface area (Å²) >= 11 is 0. The van der Waals surface area contributed by atoms with Crippen LogP contribution in [-0.4, -0.2) is 59.8 Å². The summed E-state index contributed by atoms with van der Waals surface area (Å²) in [6.07, 6.45) is 0.172. The van der Waals surface area contributed by atoms with Gasteiger partial charge >= 0.3 is 12.1 Å². The molecule has 1 saturated heterocycles. The Balaban J connectivity index is 1.29. The van der Waals surface area contributed by atoms with E-state index in [9.17, 15) is 19.5 Å². The van der Waals surface area contributed by atoms with Crippen molar-refractivity contribution in [2.24, 2.45) is 11.8 Å². The molecule has 2 atom stereocenters. The highest BCUT2D eigenvalue weighted by molar-refractivity contribution is 5.91. The van der Waals surface area contributed by atoms with Crippen molar-refractivity contribution in [3.8, 4) is 11.1 Å². The van der Waals surface area contributed by atoms with Gasteiger partial charge in [0.05, 0.1) is 5.92 Å². The molecule has 3 N–H and O–H groups in total. The monoisotopic (exact) mass is 569 g/mol. The third kappa shape index (κ3) is 6.49. The zero-order valence-corrected chi connectivity index (χ0v) is 24.2. The second-order valence-electron chi connectivity index (χ2n) is 11.9. The number of hydrogen-bond acceptors (Lipinski definition) is 5. The topological polar surface area (TPSA) is 108 Å². The Labute approximate surface area is 247 Å². The van der Waals surface area contributed by atoms with Gasteiger partial charge in [-0.1, -0.05) is 92.7 Å². The molecular formula is C34H39N3O5. The fourth-order valence-corrected chi connectivity index (χ4v) is 6.26. The summed E-state index contributed by atoms with van der Waals surface area (Å²) in [4.78, 5) is 41.0. The number of benzene rings is 3. The summed E-state index contributed by atoms with van der Waals surface area (Å²) in [7, 11) is 0. The SMILES string of the molecule is CC(C)CC(CNC(=O)C1(NC(=O)OCC2c3ccccc3-c3ccccc32)CCN(Cc2ccccc2)C1)C(=O)O. The van der Waals surface area contributed by atoms with Gasteiger partial charge in [0, 0.05) is 32.1 Å². The Hall–Kier alpha value is -4.17. The summed E-state index contributed by atoms with van der Waals surface area (Å²) in [6.45, 7) is 5.57. The highest BCUT2D eigenvalue weighted by atomic mass is 16.5. The van der Waals surface area contributed by atoms with Gasteiger partial charge in [-0.05, 0) is 46.6 Å². The number of nitrogens with one attached hydrogen (secondary N) is 2. The molecule has 0 saturated carbocycles. The standard InChI is InChI=1S/C34H39N3O5/c1-23(2)18-25(31(38)39)19-35-32(40)34(16-17-37(22-34)20-24-10-4-3-5-11-24)36-33(41)42-21-30-28-14-8-6-12-26(28)27-13-7-9-15-29(27)30/h3-15,23,25,30H,16-22H2,1-2H3,(H,35,40)(H,36,41)(H,38,39). The van der Waals surface area contributed by atoms with E-state index in [0.717, 1.165) is 27.8 Å². The van der Waals surface area contributed by atoms with Crippen molar-refractivity contribution in [1.29, 1.82) is 0 Å². The summed E-state index contributed by atoms with van der Waals surface area (Å²) in [5.41, 5.74) is 4.37. The lowest BCUT2D eigenvalue weighted by Crippen LogP contribution is -2.61. The van der Waals surface area contributed by atoms with E-state index < -0.39 is 23.5 Å². The number of carbonyl (C=O) groups is 3. The fraction of sp³-hybridized carbons (Fsp3) is 0.382. The molecule has 8 nitrogen and oxygen atoms in total. The van der Waals surface area contributed by atoms with E-state index in [2.05, 4.69) is 39.8 Å². The molecule has 0 bridgehead atoms. The van der Waals surface area contributed by atoms with Crippen LogP contribution in [0.2, 0.25) is 0 Å². The van der Waals surface area contributed by atoms with Crippen molar-refractivity contribution in [1.82, 2.24) is 15.5 Å². The minimum Gasteiger partial charge on any atom is -0.481 e. The lowest BCUT2D eigenvalue weighted by Gasteiger charge is -2.30. The molecule has 220 valence electrons. The average molecular weight is 570 g/mol. The average Bonchev–Trinajstić information content (AvgIpc) is 3.53. The van der Waals surface area contributed by atoms with Crippen LogP contribution in [0.3, 0.4) is 0 Å². The van der Waals surface area contributed by atoms with Gasteiger partial charge in [0.2, 0.25) is 5.91 Å². The number of hydrogen-bond donors (Lipinski definition) is 3. The van der Waals surface area contributed by atoms with Gasteiger partial charge in [-0.15, -0.1) is 0 Å². The zero-order chi connectivity index (χ0) is 29.7. The lowest BCUT2D eigenvalue weighted by atomic mass is 9.94. The largest absolute Gasteiger partial charge is 0.481 e. The van der Waals surface area contributed by atoms with E-state index in [1.165, 1.54) is 0 Å². The molecule has 42 heavy (non-hydrogen) atoms. The van der Waals surface area contributed by atoms with Crippen molar-refractivity contribution in [2.45, 2.75) is 44.7 Å². The molecule has 8 heteroatoms. The second-order valence-corrected chi connectivity index (χ2v) is 11.9. The number of rotatable bonds is 11. The van der Waals surface area contributed by atoms with Crippen LogP contribution >= 0.6 is 0 Å². The normalized spacial score (nSPS) is 18.7. The number of ether oxygens (including phenoxy) is 1. The Morgan fingerprint density at radius 3 is 2.19 bits per heavy atom. The Bertz CT molecular complexity index is 1380. The van der Waals surface area contributed by atoms with Crippen LogP contribution in [0.15, 0.2) is 78.9 Å². The van der Waals surface area contributed by atoms with Crippen LogP contribution in [0.1, 0.15) is 49.3 Å². The first-order valence-corrected chi connectivity index (χ1v) is 14.7. The van der Waals surface area contributed by atoms with Gasteiger partial charge < -0.3 is 20.5 Å². The number of carboxylic acid groups (broad SMARTS) is 1. The zero-order valence-electron chi connectivity index (χ0n) is 24.2. The molecule has 2 aliphatic rings. The minimum atomic E-state index is -1.24. The maximum Gasteiger partial charge on any atom is 0.408 e. The Kier molecular flexibility index (Phi) is 8.92. The van der Waals surface area contributed by atoms with Crippen LogP contribution in [0, 0.1) is 11.8 Å². The second kappa shape index (κ2) is 12.8. The van der Waals surface area contributed by atoms with Gasteiger partial charge in [0.1, 0.15) is 12.1 Å². The Morgan fingerprint density at radius 1 is 0.952 bits per heavy atom. The molecule has 1 aliphatic heterocycles. The number of nitrogens with zero attached hydrogens (tertiary/aromatic N) is 1. The molecular weight excluding hydrogens is 530 g/mol. The molecule has 0 aromatic heterocycles. The van der Waals surface area contributed by atoms with Crippen molar-refractivity contribution in [3.05, 3.63) is 95.6 Å². The number of carboxylic acids is 1. The molecule has 5 rings (SSSR count). The van der Waals surface area contributed by atoms with E-state index in [0.29, 0.717) is 32.5 Å². The minimum absolute atomic E-state index is 0.000842. The number of alkyl carbamates (subject to hydrolysis) is 1. The molecule has 1 fully saturated rings. The first-order valence-electron chi connectivity index (χ1n) is 14.7. The lowest BCUT2D eigenvalue weighted by molar-refractivity contribution is -0.142. The quantitative estimate of drug-likeness (QED) is 0.299. The highest BCUT2D eigenvalue weighted by Crippen LogP contribution is 2.44. The van der Waals surface area contributed by atoms with E-state index in [-0.39, 0.29) is 30.9 Å². The predicted molar refractivity (Wildman–Crippen MR) is 161 cm³/mol. The first kappa shape index (κ1) is 29.3. The van der Waals surface area contributed by atoms with Gasteiger partial charge in [-0.3, -0.25) is 14.5 Å². The summed E-state index contributed by atoms with van der Waals surface area (Å²) in [5, 5.41) is 15.4. The number of carbonyl (C=O) groups excluding carboxylic acids is 2. The molecule has 0 radical (unpaired) electrons. The van der Waals surface area contributed by atoms with E-state index >= 15 is 0 Å². The molecule has 1 aliphatic carbocycles. The highest BCUT2D eigenvalue weighted by Gasteiger charge is 2.46. The van der Waals surface area contributed by atoms with Crippen LogP contribution in [0.5, 0.6) is 0 Å². The van der Waals surface area contributed by atoms with Crippen LogP contribution < -0.4 is 10.6 Å². The predicted octanol–water partition coefficient (Wildman–Crippen LogP) is 5.03. The van der Waals surface area contributed by atoms with Crippen molar-refractivity contribution in [3.63, 3.8) is 0 Å². The van der Waals surface area contributed by atoms with E-state index in [1.807, 2.05) is 68.4 Å². The van der Waals surface area contributed by atoms with Crippen molar-refractivity contribution in [2.75, 3.05) is 26.2 Å². The number of aliphatic carboxylic acids is 1. The summed E-state index contributed by atoms with van der Waals surface area (Å²) in [6, 6.07) is 26.2. The molecule has 3 aromatic carbocycles. The van der Waals surface area contributed by atoms with Gasteiger partial charge in [-0.2, -0.15) is 0 Å². The third-order valence-corrected chi connectivity index (χ3v) is 8.33. The van der Waals surface area contributed by atoms with Crippen LogP contribution in [0.4, 0.5) is 4.79 Å². The molecule has 3 aromatic rings. The third-order valence-electron chi connectivity index (χ3n) is 8.33. The van der Waals surface area contributed by atoms with Gasteiger partial charge in [-0.25, -0.2) is 4.79 Å². The number of fused-ring (bicyclic) bond motifs is 3. The molecule has 1 heterocycles. The van der Waals surface area contributed by atoms with Crippen molar-refractivity contribution < 1.29 is 24.2 Å². The first-order chi connectivity index (χ1) is 20.3. The smallest absolute Gasteiger partial charge is 0.408 e. The molecule has 0 spiro atoms. The number of amides is 2. The Morgan fingerprint density at radius 2 is 1.57 bits per heavy atom. The van der Waals surface area contributed by atoms with E-state index in [4.69, 9.17) is 4.74 Å². The van der Waals surface area contributed by atoms with Gasteiger partial charge in [0.15, 0.2) is 0 Å². The molecule has 2 amide bonds. The summed E-state index contributed by atoms with van der Waals surface area (Å²) in [5.74, 6) is -1.97. The van der Waals surface area contributed by atoms with Gasteiger partial charge in [0.25, 0.3) is 0 Å². The maximum absolute atomic E-state index is 13.7.